The van der Waals surface area contributed by atoms with Crippen molar-refractivity contribution in [3.05, 3.63) is 72.9 Å². The summed E-state index contributed by atoms with van der Waals surface area (Å²) < 4.78 is 0. The lowest BCUT2D eigenvalue weighted by Gasteiger charge is -2.13. The average molecular weight is 355 g/mol. The molecule has 0 N–H and O–H groups in total. The molecule has 0 aliphatic rings. The van der Waals surface area contributed by atoms with E-state index in [4.69, 9.17) is 0 Å². The first-order valence-corrected chi connectivity index (χ1v) is 9.44. The van der Waals surface area contributed by atoms with Crippen LogP contribution in [0.15, 0.2) is 72.9 Å². The Kier molecular flexibility index (Phi) is 14.9. The first-order chi connectivity index (χ1) is 12.5. The molecule has 0 unspecified atom stereocenters. The first-order valence-electron chi connectivity index (χ1n) is 9.44. The Hall–Kier alpha value is -2.22. The summed E-state index contributed by atoms with van der Waals surface area (Å²) in [5.41, 5.74) is -0.580. The number of hydrogen-bond acceptors (Lipinski definition) is 2. The van der Waals surface area contributed by atoms with Crippen LogP contribution in [-0.2, 0) is 9.59 Å². The van der Waals surface area contributed by atoms with Crippen molar-refractivity contribution in [1.82, 2.24) is 0 Å². The van der Waals surface area contributed by atoms with E-state index in [1.165, 1.54) is 6.08 Å². The van der Waals surface area contributed by atoms with Gasteiger partial charge in [0.05, 0.1) is 0 Å². The molecule has 0 amide bonds. The van der Waals surface area contributed by atoms with Crippen LogP contribution in [0.2, 0.25) is 0 Å². The molecule has 0 heterocycles. The SMILES string of the molecule is CC/C=C\C/C=C\C/C=C\C/C=C\C/C=C\C=C\C(=O)CC(C)(C)C=O. The van der Waals surface area contributed by atoms with E-state index in [9.17, 15) is 9.59 Å². The Balaban J connectivity index is 3.80. The lowest BCUT2D eigenvalue weighted by molar-refractivity contribution is -0.122. The van der Waals surface area contributed by atoms with E-state index in [1.54, 1.807) is 19.9 Å². The predicted octanol–water partition coefficient (Wildman–Crippen LogP) is 6.48. The third-order valence-corrected chi connectivity index (χ3v) is 3.47. The van der Waals surface area contributed by atoms with Gasteiger partial charge in [-0.05, 0) is 38.2 Å². The normalized spacial score (nSPS) is 13.5. The zero-order chi connectivity index (χ0) is 19.5. The molecule has 0 aliphatic carbocycles. The smallest absolute Gasteiger partial charge is 0.156 e. The molecule has 0 aromatic heterocycles. The molecule has 0 saturated heterocycles. The number of hydrogen-bond donors (Lipinski definition) is 0. The molecule has 0 radical (unpaired) electrons. The van der Waals surface area contributed by atoms with Gasteiger partial charge in [0.15, 0.2) is 5.78 Å². The fourth-order valence-corrected chi connectivity index (χ4v) is 2.02. The zero-order valence-electron chi connectivity index (χ0n) is 16.6. The van der Waals surface area contributed by atoms with E-state index in [0.717, 1.165) is 38.4 Å². The largest absolute Gasteiger partial charge is 0.303 e. The number of carbonyl (C=O) groups is 2. The first kappa shape index (κ1) is 23.8. The van der Waals surface area contributed by atoms with Crippen LogP contribution in [0.3, 0.4) is 0 Å². The molecule has 0 aromatic carbocycles. The van der Waals surface area contributed by atoms with Crippen LogP contribution in [0, 0.1) is 5.41 Å². The molecular formula is C24H34O2. The van der Waals surface area contributed by atoms with Gasteiger partial charge in [-0.15, -0.1) is 0 Å². The molecule has 26 heavy (non-hydrogen) atoms. The second-order valence-electron chi connectivity index (χ2n) is 6.77. The van der Waals surface area contributed by atoms with Gasteiger partial charge in [-0.2, -0.15) is 0 Å². The highest BCUT2D eigenvalue weighted by molar-refractivity contribution is 5.92. The standard InChI is InChI=1S/C24H34O2/c1-4-5-6-7-8-9-10-11-12-13-14-15-16-17-18-19-20-23(26)21-24(2,3)22-25/h5-6,8-9,11-12,14-15,17-20,22H,4,7,10,13,16,21H2,1-3H3/b6-5-,9-8-,12-11-,15-14-,18-17-,20-19+. The summed E-state index contributed by atoms with van der Waals surface area (Å²) in [6.45, 7) is 5.67. The van der Waals surface area contributed by atoms with Crippen LogP contribution in [0.25, 0.3) is 0 Å². The maximum atomic E-state index is 11.7. The molecular weight excluding hydrogens is 320 g/mol. The van der Waals surface area contributed by atoms with Crippen LogP contribution in [0.4, 0.5) is 0 Å². The minimum Gasteiger partial charge on any atom is -0.303 e. The van der Waals surface area contributed by atoms with Crippen molar-refractivity contribution in [3.8, 4) is 0 Å². The van der Waals surface area contributed by atoms with Crippen molar-refractivity contribution < 1.29 is 9.59 Å². The summed E-state index contributed by atoms with van der Waals surface area (Å²) in [6, 6.07) is 0. The molecule has 2 heteroatoms. The molecule has 0 aliphatic heterocycles. The van der Waals surface area contributed by atoms with Gasteiger partial charge in [0.2, 0.25) is 0 Å². The fourth-order valence-electron chi connectivity index (χ4n) is 2.02. The fraction of sp³-hybridized carbons (Fsp3) is 0.417. The second-order valence-corrected chi connectivity index (χ2v) is 6.77. The Morgan fingerprint density at radius 3 is 1.65 bits per heavy atom. The minimum absolute atomic E-state index is 0.0251. The number of allylic oxidation sites excluding steroid dienone is 12. The van der Waals surface area contributed by atoms with Gasteiger partial charge in [-0.3, -0.25) is 4.79 Å². The molecule has 0 fully saturated rings. The van der Waals surface area contributed by atoms with Gasteiger partial charge in [-0.25, -0.2) is 0 Å². The van der Waals surface area contributed by atoms with Crippen molar-refractivity contribution in [2.75, 3.05) is 0 Å². The van der Waals surface area contributed by atoms with E-state index in [-0.39, 0.29) is 12.2 Å². The highest BCUT2D eigenvalue weighted by atomic mass is 16.1. The molecule has 0 aromatic rings. The average Bonchev–Trinajstić information content (AvgIpc) is 2.61. The highest BCUT2D eigenvalue weighted by Gasteiger charge is 2.19. The van der Waals surface area contributed by atoms with E-state index < -0.39 is 5.41 Å². The molecule has 0 atom stereocenters. The van der Waals surface area contributed by atoms with E-state index in [2.05, 4.69) is 55.5 Å². The molecule has 0 rings (SSSR count). The Labute approximate surface area is 159 Å². The zero-order valence-corrected chi connectivity index (χ0v) is 16.6. The van der Waals surface area contributed by atoms with Crippen molar-refractivity contribution in [3.63, 3.8) is 0 Å². The van der Waals surface area contributed by atoms with Crippen LogP contribution >= 0.6 is 0 Å². The Morgan fingerprint density at radius 1 is 0.731 bits per heavy atom. The van der Waals surface area contributed by atoms with E-state index in [0.29, 0.717) is 0 Å². The maximum absolute atomic E-state index is 11.7. The van der Waals surface area contributed by atoms with Crippen molar-refractivity contribution in [2.24, 2.45) is 5.41 Å². The van der Waals surface area contributed by atoms with E-state index >= 15 is 0 Å². The Bertz CT molecular complexity index is 555. The topological polar surface area (TPSA) is 34.1 Å². The molecule has 142 valence electrons. The van der Waals surface area contributed by atoms with Gasteiger partial charge in [0.1, 0.15) is 6.29 Å². The van der Waals surface area contributed by atoms with Gasteiger partial charge >= 0.3 is 0 Å². The van der Waals surface area contributed by atoms with E-state index in [1.807, 2.05) is 12.2 Å². The second kappa shape index (κ2) is 16.3. The van der Waals surface area contributed by atoms with Gasteiger partial charge < -0.3 is 4.79 Å². The lowest BCUT2D eigenvalue weighted by Crippen LogP contribution is -2.17. The van der Waals surface area contributed by atoms with Crippen LogP contribution in [0.1, 0.15) is 59.3 Å². The summed E-state index contributed by atoms with van der Waals surface area (Å²) in [7, 11) is 0. The monoisotopic (exact) mass is 354 g/mol. The minimum atomic E-state index is -0.580. The van der Waals surface area contributed by atoms with Gasteiger partial charge in [0.25, 0.3) is 0 Å². The van der Waals surface area contributed by atoms with Gasteiger partial charge in [-0.1, -0.05) is 87.6 Å². The van der Waals surface area contributed by atoms with Crippen LogP contribution in [0.5, 0.6) is 0 Å². The number of ketones is 1. The number of aldehydes is 1. The summed E-state index contributed by atoms with van der Waals surface area (Å²) in [4.78, 5) is 22.4. The predicted molar refractivity (Wildman–Crippen MR) is 113 cm³/mol. The molecule has 0 saturated carbocycles. The van der Waals surface area contributed by atoms with Gasteiger partial charge in [0, 0.05) is 11.8 Å². The summed E-state index contributed by atoms with van der Waals surface area (Å²) in [5.74, 6) is -0.0251. The van der Waals surface area contributed by atoms with Crippen molar-refractivity contribution >= 4 is 12.1 Å². The molecule has 0 spiro atoms. The summed E-state index contributed by atoms with van der Waals surface area (Å²) >= 11 is 0. The van der Waals surface area contributed by atoms with Crippen LogP contribution in [-0.4, -0.2) is 12.1 Å². The maximum Gasteiger partial charge on any atom is 0.156 e. The third kappa shape index (κ3) is 16.6. The van der Waals surface area contributed by atoms with Crippen molar-refractivity contribution in [1.29, 1.82) is 0 Å². The molecule has 0 bridgehead atoms. The summed E-state index contributed by atoms with van der Waals surface area (Å²) in [5, 5.41) is 0. The third-order valence-electron chi connectivity index (χ3n) is 3.47. The molecule has 2 nitrogen and oxygen atoms in total. The quantitative estimate of drug-likeness (QED) is 0.155. The Morgan fingerprint density at radius 2 is 1.19 bits per heavy atom. The van der Waals surface area contributed by atoms with Crippen LogP contribution < -0.4 is 0 Å². The lowest BCUT2D eigenvalue weighted by atomic mass is 9.89. The highest BCUT2D eigenvalue weighted by Crippen LogP contribution is 2.16. The summed E-state index contributed by atoms with van der Waals surface area (Å²) in [6.07, 6.45) is 30.4. The number of rotatable bonds is 14. The number of carbonyl (C=O) groups excluding carboxylic acids is 2. The van der Waals surface area contributed by atoms with Crippen molar-refractivity contribution in [2.45, 2.75) is 59.3 Å².